The average Bonchev–Trinajstić information content (AvgIpc) is 2.84. The Bertz CT molecular complexity index is 1080. The van der Waals surface area contributed by atoms with Crippen LogP contribution in [-0.4, -0.2) is 36.0 Å². The summed E-state index contributed by atoms with van der Waals surface area (Å²) in [6.45, 7) is 5.14. The molecule has 6 heteroatoms. The number of hydrogen-bond acceptors (Lipinski definition) is 4. The summed E-state index contributed by atoms with van der Waals surface area (Å²) >= 11 is 0. The van der Waals surface area contributed by atoms with E-state index in [9.17, 15) is 9.18 Å². The number of nitrogens with one attached hydrogen (secondary N) is 1. The Hall–Kier alpha value is -3.25. The molecule has 2 aromatic carbocycles. The van der Waals surface area contributed by atoms with Gasteiger partial charge in [0.2, 0.25) is 0 Å². The van der Waals surface area contributed by atoms with Gasteiger partial charge < -0.3 is 10.1 Å². The topological polar surface area (TPSA) is 54.5 Å². The van der Waals surface area contributed by atoms with Crippen LogP contribution >= 0.6 is 0 Å². The molecular weight excluding hydrogens is 417 g/mol. The standard InChI is InChI=1S/C27H30FN3O2/c1-19-3-12-25(27(32)29-17-20-4-8-23(28)9-5-20)26(30-19)22-13-15-31(16-14-22)18-21-6-10-24(33-2)11-7-21/h3-12,22H,13-18H2,1-2H3,(H,29,32). The minimum absolute atomic E-state index is 0.137. The van der Waals surface area contributed by atoms with Crippen molar-refractivity contribution in [2.45, 2.75) is 38.8 Å². The predicted octanol–water partition coefficient (Wildman–Crippen LogP) is 4.85. The Morgan fingerprint density at radius 3 is 2.36 bits per heavy atom. The van der Waals surface area contributed by atoms with Crippen LogP contribution in [0.15, 0.2) is 60.7 Å². The van der Waals surface area contributed by atoms with Crippen molar-refractivity contribution >= 4 is 5.91 Å². The van der Waals surface area contributed by atoms with Gasteiger partial charge in [-0.05, 0) is 80.4 Å². The van der Waals surface area contributed by atoms with Gasteiger partial charge in [-0.15, -0.1) is 0 Å². The summed E-state index contributed by atoms with van der Waals surface area (Å²) in [5, 5.41) is 2.96. The third kappa shape index (κ3) is 5.96. The molecule has 2 heterocycles. The molecule has 0 atom stereocenters. The van der Waals surface area contributed by atoms with E-state index in [1.54, 1.807) is 19.2 Å². The number of aromatic nitrogens is 1. The SMILES string of the molecule is COc1ccc(CN2CCC(c3nc(C)ccc3C(=O)NCc3ccc(F)cc3)CC2)cc1. The van der Waals surface area contributed by atoms with Gasteiger partial charge in [-0.2, -0.15) is 0 Å². The number of piperidine rings is 1. The smallest absolute Gasteiger partial charge is 0.253 e. The van der Waals surface area contributed by atoms with Crippen LogP contribution in [0.4, 0.5) is 4.39 Å². The number of carbonyl (C=O) groups is 1. The van der Waals surface area contributed by atoms with E-state index >= 15 is 0 Å². The maximum Gasteiger partial charge on any atom is 0.253 e. The first-order valence-corrected chi connectivity index (χ1v) is 11.4. The molecule has 1 fully saturated rings. The molecule has 1 aromatic heterocycles. The summed E-state index contributed by atoms with van der Waals surface area (Å²) in [5.74, 6) is 0.702. The number of methoxy groups -OCH3 is 1. The molecule has 0 radical (unpaired) electrons. The maximum absolute atomic E-state index is 13.1. The minimum Gasteiger partial charge on any atom is -0.497 e. The normalized spacial score (nSPS) is 14.8. The lowest BCUT2D eigenvalue weighted by Gasteiger charge is -2.32. The van der Waals surface area contributed by atoms with Crippen molar-refractivity contribution in [3.05, 3.63) is 94.6 Å². The predicted molar refractivity (Wildman–Crippen MR) is 127 cm³/mol. The molecule has 1 aliphatic rings. The Morgan fingerprint density at radius 2 is 1.70 bits per heavy atom. The maximum atomic E-state index is 13.1. The van der Waals surface area contributed by atoms with Crippen molar-refractivity contribution in [3.8, 4) is 5.75 Å². The third-order valence-electron chi connectivity index (χ3n) is 6.21. The molecule has 172 valence electrons. The van der Waals surface area contributed by atoms with Gasteiger partial charge in [-0.1, -0.05) is 24.3 Å². The first-order chi connectivity index (χ1) is 16.0. The molecule has 4 rings (SSSR count). The summed E-state index contributed by atoms with van der Waals surface area (Å²) < 4.78 is 18.4. The van der Waals surface area contributed by atoms with Gasteiger partial charge in [0.05, 0.1) is 18.4 Å². The van der Waals surface area contributed by atoms with Gasteiger partial charge in [0, 0.05) is 24.7 Å². The molecule has 0 saturated carbocycles. The molecule has 0 bridgehead atoms. The number of nitrogens with zero attached hydrogens (tertiary/aromatic N) is 2. The first-order valence-electron chi connectivity index (χ1n) is 11.4. The zero-order valence-corrected chi connectivity index (χ0v) is 19.2. The van der Waals surface area contributed by atoms with Gasteiger partial charge in [-0.3, -0.25) is 14.7 Å². The number of carbonyl (C=O) groups excluding carboxylic acids is 1. The van der Waals surface area contributed by atoms with Crippen molar-refractivity contribution < 1.29 is 13.9 Å². The average molecular weight is 448 g/mol. The second kappa shape index (κ2) is 10.6. The van der Waals surface area contributed by atoms with E-state index in [0.29, 0.717) is 12.1 Å². The molecule has 3 aromatic rings. The van der Waals surface area contributed by atoms with E-state index in [0.717, 1.165) is 55.2 Å². The van der Waals surface area contributed by atoms with Crippen molar-refractivity contribution in [2.24, 2.45) is 0 Å². The zero-order valence-electron chi connectivity index (χ0n) is 19.2. The van der Waals surface area contributed by atoms with Crippen molar-refractivity contribution in [1.29, 1.82) is 0 Å². The summed E-state index contributed by atoms with van der Waals surface area (Å²) in [4.78, 5) is 20.2. The molecular formula is C27H30FN3O2. The van der Waals surface area contributed by atoms with Gasteiger partial charge in [0.1, 0.15) is 11.6 Å². The van der Waals surface area contributed by atoms with Crippen molar-refractivity contribution in [1.82, 2.24) is 15.2 Å². The summed E-state index contributed by atoms with van der Waals surface area (Å²) in [5.41, 5.74) is 4.56. The highest BCUT2D eigenvalue weighted by atomic mass is 19.1. The second-order valence-corrected chi connectivity index (χ2v) is 8.59. The van der Waals surface area contributed by atoms with Crippen LogP contribution in [0.25, 0.3) is 0 Å². The molecule has 0 aliphatic carbocycles. The van der Waals surface area contributed by atoms with Crippen molar-refractivity contribution in [3.63, 3.8) is 0 Å². The number of pyridine rings is 1. The number of benzene rings is 2. The fraction of sp³-hybridized carbons (Fsp3) is 0.333. The van der Waals surface area contributed by atoms with Gasteiger partial charge >= 0.3 is 0 Å². The molecule has 5 nitrogen and oxygen atoms in total. The van der Waals surface area contributed by atoms with E-state index in [4.69, 9.17) is 9.72 Å². The van der Waals surface area contributed by atoms with Crippen LogP contribution in [0.5, 0.6) is 5.75 Å². The highest BCUT2D eigenvalue weighted by Crippen LogP contribution is 2.30. The zero-order chi connectivity index (χ0) is 23.2. The van der Waals surface area contributed by atoms with E-state index in [1.807, 2.05) is 31.2 Å². The van der Waals surface area contributed by atoms with Gasteiger partial charge in [-0.25, -0.2) is 4.39 Å². The fourth-order valence-corrected chi connectivity index (χ4v) is 4.31. The van der Waals surface area contributed by atoms with E-state index in [2.05, 4.69) is 22.3 Å². The fourth-order valence-electron chi connectivity index (χ4n) is 4.31. The first kappa shape index (κ1) is 22.9. The summed E-state index contributed by atoms with van der Waals surface area (Å²) in [6, 6.07) is 18.1. The number of hydrogen-bond donors (Lipinski definition) is 1. The number of halogens is 1. The highest BCUT2D eigenvalue weighted by molar-refractivity contribution is 5.95. The van der Waals surface area contributed by atoms with Gasteiger partial charge in [0.25, 0.3) is 5.91 Å². The lowest BCUT2D eigenvalue weighted by molar-refractivity contribution is 0.0948. The van der Waals surface area contributed by atoms with E-state index in [-0.39, 0.29) is 17.6 Å². The minimum atomic E-state index is -0.284. The largest absolute Gasteiger partial charge is 0.497 e. The van der Waals surface area contributed by atoms with Crippen LogP contribution in [0.2, 0.25) is 0 Å². The lowest BCUT2D eigenvalue weighted by Crippen LogP contribution is -2.34. The lowest BCUT2D eigenvalue weighted by atomic mass is 9.89. The molecule has 1 saturated heterocycles. The second-order valence-electron chi connectivity index (χ2n) is 8.59. The van der Waals surface area contributed by atoms with E-state index in [1.165, 1.54) is 17.7 Å². The Labute approximate surface area is 194 Å². The molecule has 0 unspecified atom stereocenters. The van der Waals surface area contributed by atoms with Crippen LogP contribution in [0.3, 0.4) is 0 Å². The summed E-state index contributed by atoms with van der Waals surface area (Å²) in [6.07, 6.45) is 1.93. The molecule has 1 amide bonds. The summed E-state index contributed by atoms with van der Waals surface area (Å²) in [7, 11) is 1.68. The Balaban J connectivity index is 1.38. The monoisotopic (exact) mass is 447 g/mol. The number of aryl methyl sites for hydroxylation is 1. The molecule has 1 aliphatic heterocycles. The molecule has 1 N–H and O–H groups in total. The van der Waals surface area contributed by atoms with Crippen LogP contribution in [-0.2, 0) is 13.1 Å². The number of ether oxygens (including phenoxy) is 1. The third-order valence-corrected chi connectivity index (χ3v) is 6.21. The van der Waals surface area contributed by atoms with Crippen molar-refractivity contribution in [2.75, 3.05) is 20.2 Å². The van der Waals surface area contributed by atoms with Crippen LogP contribution < -0.4 is 10.1 Å². The Kier molecular flexibility index (Phi) is 7.35. The molecule has 0 spiro atoms. The Morgan fingerprint density at radius 1 is 1.03 bits per heavy atom. The van der Waals surface area contributed by atoms with E-state index < -0.39 is 0 Å². The quantitative estimate of drug-likeness (QED) is 0.563. The van der Waals surface area contributed by atoms with Gasteiger partial charge in [0.15, 0.2) is 0 Å². The molecule has 33 heavy (non-hydrogen) atoms. The number of rotatable bonds is 7. The van der Waals surface area contributed by atoms with Crippen LogP contribution in [0, 0.1) is 12.7 Å². The van der Waals surface area contributed by atoms with Crippen LogP contribution in [0.1, 0.15) is 51.6 Å². The highest BCUT2D eigenvalue weighted by Gasteiger charge is 2.26. The number of likely N-dealkylation sites (tertiary alicyclic amines) is 1. The number of amides is 1.